The molecule has 0 bridgehead atoms. The maximum atomic E-state index is 12.1. The molecule has 0 aliphatic carbocycles. The molecule has 5 nitrogen and oxygen atoms in total. The summed E-state index contributed by atoms with van der Waals surface area (Å²) in [7, 11) is 0. The van der Waals surface area contributed by atoms with E-state index in [2.05, 4.69) is 12.2 Å². The van der Waals surface area contributed by atoms with Gasteiger partial charge in [0.05, 0.1) is 13.2 Å². The zero-order valence-electron chi connectivity index (χ0n) is 15.0. The Balaban J connectivity index is 4.23. The van der Waals surface area contributed by atoms with Crippen molar-refractivity contribution in [3.63, 3.8) is 0 Å². The van der Waals surface area contributed by atoms with Gasteiger partial charge in [-0.15, -0.1) is 0 Å². The van der Waals surface area contributed by atoms with Crippen molar-refractivity contribution in [2.24, 2.45) is 11.3 Å². The second-order valence-corrected chi connectivity index (χ2v) is 7.23. The fourth-order valence-corrected chi connectivity index (χ4v) is 1.74. The van der Waals surface area contributed by atoms with Crippen molar-refractivity contribution in [2.75, 3.05) is 13.2 Å². The van der Waals surface area contributed by atoms with Crippen LogP contribution in [0.3, 0.4) is 0 Å². The molecule has 0 rings (SSSR count). The summed E-state index contributed by atoms with van der Waals surface area (Å²) in [6.07, 6.45) is 3.62. The van der Waals surface area contributed by atoms with E-state index in [1.165, 1.54) is 0 Å². The van der Waals surface area contributed by atoms with Gasteiger partial charge in [-0.3, -0.25) is 0 Å². The zero-order valence-corrected chi connectivity index (χ0v) is 15.0. The number of alkyl carbamates (subject to hydrolysis) is 1. The summed E-state index contributed by atoms with van der Waals surface area (Å²) in [4.78, 5) is 23.8. The summed E-state index contributed by atoms with van der Waals surface area (Å²) in [6.45, 7) is 12.5. The van der Waals surface area contributed by atoms with Crippen molar-refractivity contribution < 1.29 is 19.1 Å². The van der Waals surface area contributed by atoms with Crippen LogP contribution in [-0.2, 0) is 14.3 Å². The first-order valence-corrected chi connectivity index (χ1v) is 8.27. The summed E-state index contributed by atoms with van der Waals surface area (Å²) < 4.78 is 10.4. The fourth-order valence-electron chi connectivity index (χ4n) is 1.74. The number of hydrogen-bond donors (Lipinski definition) is 1. The van der Waals surface area contributed by atoms with Gasteiger partial charge in [0.15, 0.2) is 0 Å². The molecule has 0 heterocycles. The van der Waals surface area contributed by atoms with Gasteiger partial charge in [-0.05, 0) is 17.8 Å². The van der Waals surface area contributed by atoms with Gasteiger partial charge in [0.2, 0.25) is 0 Å². The summed E-state index contributed by atoms with van der Waals surface area (Å²) in [5.74, 6) is -0.440. The predicted molar refractivity (Wildman–Crippen MR) is 87.7 cm³/mol. The molecule has 5 heteroatoms. The molecule has 0 aliphatic rings. The molecule has 1 atom stereocenters. The highest BCUT2D eigenvalue weighted by Gasteiger charge is 2.26. The van der Waals surface area contributed by atoms with Crippen molar-refractivity contribution in [1.82, 2.24) is 5.32 Å². The Morgan fingerprint density at radius 3 is 2.18 bits per heavy atom. The molecule has 22 heavy (non-hydrogen) atoms. The molecule has 0 saturated heterocycles. The minimum atomic E-state index is -0.668. The minimum Gasteiger partial charge on any atom is -0.464 e. The Kier molecular flexibility index (Phi) is 9.86. The largest absolute Gasteiger partial charge is 0.464 e. The number of ether oxygens (including phenoxy) is 2. The Morgan fingerprint density at radius 1 is 1.05 bits per heavy atom. The zero-order chi connectivity index (χ0) is 17.2. The number of esters is 1. The van der Waals surface area contributed by atoms with Crippen molar-refractivity contribution in [3.8, 4) is 0 Å². The van der Waals surface area contributed by atoms with Gasteiger partial charge in [0, 0.05) is 0 Å². The molecule has 0 spiro atoms. The molecular formula is C17H33NO4. The molecule has 1 N–H and O–H groups in total. The van der Waals surface area contributed by atoms with Crippen molar-refractivity contribution in [3.05, 3.63) is 0 Å². The maximum absolute atomic E-state index is 12.1. The summed E-state index contributed by atoms with van der Waals surface area (Å²) in [5, 5.41) is 2.61. The second kappa shape index (κ2) is 10.5. The molecule has 0 aromatic rings. The standard InChI is InChI=1S/C17H33NO4/c1-7-8-9-10-11-21-15(19)14(13(2)3)18-16(20)22-12-17(4,5)6/h13-14H,7-12H2,1-6H3,(H,18,20). The van der Waals surface area contributed by atoms with E-state index in [1.54, 1.807) is 0 Å². The molecule has 1 unspecified atom stereocenters. The molecule has 0 aromatic heterocycles. The van der Waals surface area contributed by atoms with Gasteiger partial charge in [-0.2, -0.15) is 0 Å². The SMILES string of the molecule is CCCCCCOC(=O)C(NC(=O)OCC(C)(C)C)C(C)C. The Hall–Kier alpha value is -1.26. The van der Waals surface area contributed by atoms with Crippen molar-refractivity contribution >= 4 is 12.1 Å². The third kappa shape index (κ3) is 10.5. The van der Waals surface area contributed by atoms with Gasteiger partial charge < -0.3 is 14.8 Å². The predicted octanol–water partition coefficient (Wildman–Crippen LogP) is 3.91. The first-order valence-electron chi connectivity index (χ1n) is 8.27. The Morgan fingerprint density at radius 2 is 1.68 bits per heavy atom. The van der Waals surface area contributed by atoms with Gasteiger partial charge >= 0.3 is 12.1 Å². The fraction of sp³-hybridized carbons (Fsp3) is 0.882. The molecule has 0 aromatic carbocycles. The van der Waals surface area contributed by atoms with Crippen LogP contribution in [0.4, 0.5) is 4.79 Å². The number of nitrogens with one attached hydrogen (secondary N) is 1. The van der Waals surface area contributed by atoms with Crippen LogP contribution < -0.4 is 5.32 Å². The van der Waals surface area contributed by atoms with E-state index in [0.29, 0.717) is 13.2 Å². The van der Waals surface area contributed by atoms with E-state index in [-0.39, 0.29) is 17.3 Å². The van der Waals surface area contributed by atoms with Crippen LogP contribution in [0.5, 0.6) is 0 Å². The lowest BCUT2D eigenvalue weighted by Crippen LogP contribution is -2.46. The number of amides is 1. The molecule has 1 amide bonds. The average Bonchev–Trinajstić information content (AvgIpc) is 2.41. The second-order valence-electron chi connectivity index (χ2n) is 7.23. The third-order valence-corrected chi connectivity index (χ3v) is 3.07. The van der Waals surface area contributed by atoms with Gasteiger partial charge in [-0.25, -0.2) is 9.59 Å². The van der Waals surface area contributed by atoms with Crippen LogP contribution in [0.2, 0.25) is 0 Å². The topological polar surface area (TPSA) is 64.6 Å². The first kappa shape index (κ1) is 20.7. The summed E-state index contributed by atoms with van der Waals surface area (Å²) in [5.41, 5.74) is -0.107. The summed E-state index contributed by atoms with van der Waals surface area (Å²) >= 11 is 0. The van der Waals surface area contributed by atoms with Crippen molar-refractivity contribution in [1.29, 1.82) is 0 Å². The lowest BCUT2D eigenvalue weighted by Gasteiger charge is -2.22. The molecule has 0 radical (unpaired) electrons. The number of rotatable bonds is 9. The highest BCUT2D eigenvalue weighted by molar-refractivity contribution is 5.81. The first-order chi connectivity index (χ1) is 10.2. The monoisotopic (exact) mass is 315 g/mol. The molecule has 0 fully saturated rings. The van der Waals surface area contributed by atoms with E-state index in [1.807, 2.05) is 34.6 Å². The molecule has 0 aliphatic heterocycles. The van der Waals surface area contributed by atoms with Crippen LogP contribution in [0.25, 0.3) is 0 Å². The van der Waals surface area contributed by atoms with Crippen LogP contribution in [0, 0.1) is 11.3 Å². The van der Waals surface area contributed by atoms with Gasteiger partial charge in [0.1, 0.15) is 6.04 Å². The van der Waals surface area contributed by atoms with E-state index in [0.717, 1.165) is 25.7 Å². The molecule has 0 saturated carbocycles. The average molecular weight is 315 g/mol. The highest BCUT2D eigenvalue weighted by Crippen LogP contribution is 2.13. The summed E-state index contributed by atoms with van der Waals surface area (Å²) in [6, 6.07) is -0.668. The Bertz CT molecular complexity index is 334. The normalized spacial score (nSPS) is 12.9. The highest BCUT2D eigenvalue weighted by atomic mass is 16.6. The van der Waals surface area contributed by atoms with E-state index >= 15 is 0 Å². The number of unbranched alkanes of at least 4 members (excludes halogenated alkanes) is 3. The lowest BCUT2D eigenvalue weighted by atomic mass is 9.99. The van der Waals surface area contributed by atoms with Crippen LogP contribution in [0.1, 0.15) is 67.2 Å². The van der Waals surface area contributed by atoms with Crippen molar-refractivity contribution in [2.45, 2.75) is 73.3 Å². The lowest BCUT2D eigenvalue weighted by molar-refractivity contribution is -0.147. The minimum absolute atomic E-state index is 0.0506. The van der Waals surface area contributed by atoms with Crippen LogP contribution in [-0.4, -0.2) is 31.3 Å². The van der Waals surface area contributed by atoms with E-state index < -0.39 is 12.1 Å². The smallest absolute Gasteiger partial charge is 0.407 e. The van der Waals surface area contributed by atoms with E-state index in [9.17, 15) is 9.59 Å². The Labute approximate surface area is 135 Å². The molecule has 130 valence electrons. The van der Waals surface area contributed by atoms with Gasteiger partial charge in [-0.1, -0.05) is 60.8 Å². The van der Waals surface area contributed by atoms with Crippen LogP contribution >= 0.6 is 0 Å². The number of hydrogen-bond acceptors (Lipinski definition) is 4. The number of carbonyl (C=O) groups is 2. The quantitative estimate of drug-likeness (QED) is 0.517. The third-order valence-electron chi connectivity index (χ3n) is 3.07. The maximum Gasteiger partial charge on any atom is 0.407 e. The number of carbonyl (C=O) groups excluding carboxylic acids is 2. The van der Waals surface area contributed by atoms with Gasteiger partial charge in [0.25, 0.3) is 0 Å². The molecular weight excluding hydrogens is 282 g/mol. The van der Waals surface area contributed by atoms with Crippen LogP contribution in [0.15, 0.2) is 0 Å². The van der Waals surface area contributed by atoms with E-state index in [4.69, 9.17) is 9.47 Å².